The van der Waals surface area contributed by atoms with Crippen LogP contribution in [0, 0.1) is 11.6 Å². The number of hydrogen-bond acceptors (Lipinski definition) is 3. The van der Waals surface area contributed by atoms with E-state index in [1.807, 2.05) is 13.8 Å². The van der Waals surface area contributed by atoms with Gasteiger partial charge in [0.25, 0.3) is 5.91 Å². The molecule has 2 aromatic rings. The van der Waals surface area contributed by atoms with Gasteiger partial charge in [0.05, 0.1) is 12.1 Å². The van der Waals surface area contributed by atoms with Crippen LogP contribution in [-0.4, -0.2) is 38.8 Å². The smallest absolute Gasteiger partial charge is 0.274 e. The second kappa shape index (κ2) is 6.32. The number of amides is 1. The lowest BCUT2D eigenvalue weighted by molar-refractivity contribution is 0.0709. The van der Waals surface area contributed by atoms with E-state index in [2.05, 4.69) is 10.2 Å². The molecule has 24 heavy (non-hydrogen) atoms. The highest BCUT2D eigenvalue weighted by atomic mass is 19.2. The minimum atomic E-state index is -0.969. The normalized spacial score (nSPS) is 20.8. The van der Waals surface area contributed by atoms with Gasteiger partial charge in [-0.25, -0.2) is 8.78 Å². The maximum absolute atomic E-state index is 13.5. The van der Waals surface area contributed by atoms with Gasteiger partial charge in [0.1, 0.15) is 5.69 Å². The Bertz CT molecular complexity index is 760. The number of rotatable bonds is 3. The Labute approximate surface area is 138 Å². The van der Waals surface area contributed by atoms with Crippen molar-refractivity contribution in [3.63, 3.8) is 0 Å². The zero-order valence-corrected chi connectivity index (χ0v) is 13.5. The largest absolute Gasteiger partial charge is 0.391 e. The zero-order chi connectivity index (χ0) is 17.4. The number of carbonyl (C=O) groups excluding carboxylic acids is 1. The molecule has 1 amide bonds. The Morgan fingerprint density at radius 1 is 1.33 bits per heavy atom. The van der Waals surface area contributed by atoms with E-state index in [1.165, 1.54) is 11.0 Å². The van der Waals surface area contributed by atoms with Crippen LogP contribution < -0.4 is 0 Å². The third-order valence-corrected chi connectivity index (χ3v) is 4.31. The van der Waals surface area contributed by atoms with E-state index in [9.17, 15) is 18.7 Å². The Hall–Kier alpha value is -2.28. The fourth-order valence-corrected chi connectivity index (χ4v) is 2.96. The summed E-state index contributed by atoms with van der Waals surface area (Å²) in [7, 11) is 0. The number of hydrogen-bond donors (Lipinski definition) is 2. The molecule has 0 saturated carbocycles. The standard InChI is InChI=1S/C17H19F2N3O2/c1-9(2)14-7-15(21-20-14)17(24)22-8-11(23)6-16(22)10-3-4-12(18)13(19)5-10/h3-5,7,9,11,16,23H,6,8H2,1-2H3,(H,20,21)/t11-,16-/m0/s1. The highest BCUT2D eigenvalue weighted by molar-refractivity contribution is 5.93. The van der Waals surface area contributed by atoms with E-state index in [0.717, 1.165) is 17.8 Å². The maximum Gasteiger partial charge on any atom is 0.274 e. The van der Waals surface area contributed by atoms with Gasteiger partial charge in [0.2, 0.25) is 0 Å². The molecule has 7 heteroatoms. The molecule has 0 unspecified atom stereocenters. The van der Waals surface area contributed by atoms with Gasteiger partial charge >= 0.3 is 0 Å². The summed E-state index contributed by atoms with van der Waals surface area (Å²) in [5.74, 6) is -2.05. The molecular weight excluding hydrogens is 316 g/mol. The Morgan fingerprint density at radius 3 is 2.71 bits per heavy atom. The number of β-amino-alcohol motifs (C(OH)–C–C–N with tert-alkyl or cyclic N) is 1. The summed E-state index contributed by atoms with van der Waals surface area (Å²) in [4.78, 5) is 14.2. The Morgan fingerprint density at radius 2 is 2.08 bits per heavy atom. The SMILES string of the molecule is CC(C)c1cc(C(=O)N2C[C@@H](O)C[C@H]2c2ccc(F)c(F)c2)n[nH]1. The van der Waals surface area contributed by atoms with Crippen LogP contribution in [0.3, 0.4) is 0 Å². The van der Waals surface area contributed by atoms with Gasteiger partial charge in [-0.3, -0.25) is 9.89 Å². The highest BCUT2D eigenvalue weighted by Gasteiger charge is 2.37. The third-order valence-electron chi connectivity index (χ3n) is 4.31. The summed E-state index contributed by atoms with van der Waals surface area (Å²) < 4.78 is 26.7. The Balaban J connectivity index is 1.89. The summed E-state index contributed by atoms with van der Waals surface area (Å²) in [5, 5.41) is 16.8. The van der Waals surface area contributed by atoms with Crippen molar-refractivity contribution in [2.75, 3.05) is 6.54 Å². The van der Waals surface area contributed by atoms with E-state index < -0.39 is 23.8 Å². The molecule has 1 aliphatic rings. The molecule has 2 atom stereocenters. The molecule has 1 aliphatic heterocycles. The fourth-order valence-electron chi connectivity index (χ4n) is 2.96. The molecular formula is C17H19F2N3O2. The quantitative estimate of drug-likeness (QED) is 0.906. The van der Waals surface area contributed by atoms with Crippen LogP contribution in [0.1, 0.15) is 54.0 Å². The van der Waals surface area contributed by atoms with Gasteiger partial charge in [-0.05, 0) is 36.1 Å². The number of carbonyl (C=O) groups is 1. The molecule has 0 aliphatic carbocycles. The summed E-state index contributed by atoms with van der Waals surface area (Å²) in [5.41, 5.74) is 1.54. The maximum atomic E-state index is 13.5. The van der Waals surface area contributed by atoms with Gasteiger partial charge < -0.3 is 10.0 Å². The number of aromatic nitrogens is 2. The molecule has 1 saturated heterocycles. The number of aromatic amines is 1. The van der Waals surface area contributed by atoms with Crippen molar-refractivity contribution in [2.45, 2.75) is 38.3 Å². The first-order valence-electron chi connectivity index (χ1n) is 7.86. The number of halogens is 2. The van der Waals surface area contributed by atoms with Crippen LogP contribution >= 0.6 is 0 Å². The summed E-state index contributed by atoms with van der Waals surface area (Å²) in [6, 6.07) is 4.71. The van der Waals surface area contributed by atoms with Crippen molar-refractivity contribution in [2.24, 2.45) is 0 Å². The molecule has 0 spiro atoms. The molecule has 1 fully saturated rings. The topological polar surface area (TPSA) is 69.2 Å². The highest BCUT2D eigenvalue weighted by Crippen LogP contribution is 2.34. The molecule has 3 rings (SSSR count). The van der Waals surface area contributed by atoms with Crippen LogP contribution in [0.2, 0.25) is 0 Å². The van der Waals surface area contributed by atoms with Crippen molar-refractivity contribution in [3.8, 4) is 0 Å². The minimum absolute atomic E-state index is 0.131. The fraction of sp³-hybridized carbons (Fsp3) is 0.412. The summed E-state index contributed by atoms with van der Waals surface area (Å²) in [6.07, 6.45) is -0.436. The summed E-state index contributed by atoms with van der Waals surface area (Å²) in [6.45, 7) is 4.09. The lowest BCUT2D eigenvalue weighted by atomic mass is 10.0. The van der Waals surface area contributed by atoms with Crippen molar-refractivity contribution in [1.29, 1.82) is 0 Å². The predicted octanol–water partition coefficient (Wildman–Crippen LogP) is 2.76. The minimum Gasteiger partial charge on any atom is -0.391 e. The van der Waals surface area contributed by atoms with E-state index in [1.54, 1.807) is 6.07 Å². The molecule has 5 nitrogen and oxygen atoms in total. The van der Waals surface area contributed by atoms with Gasteiger partial charge in [0.15, 0.2) is 11.6 Å². The average molecular weight is 335 g/mol. The second-order valence-electron chi connectivity index (χ2n) is 6.40. The summed E-state index contributed by atoms with van der Waals surface area (Å²) >= 11 is 0. The molecule has 1 aromatic heterocycles. The lowest BCUT2D eigenvalue weighted by Gasteiger charge is -2.24. The molecule has 0 radical (unpaired) electrons. The van der Waals surface area contributed by atoms with E-state index in [-0.39, 0.29) is 30.5 Å². The van der Waals surface area contributed by atoms with E-state index in [0.29, 0.717) is 5.56 Å². The molecule has 2 heterocycles. The van der Waals surface area contributed by atoms with Crippen LogP contribution in [0.15, 0.2) is 24.3 Å². The van der Waals surface area contributed by atoms with E-state index >= 15 is 0 Å². The number of H-pyrrole nitrogens is 1. The third kappa shape index (κ3) is 3.03. The van der Waals surface area contributed by atoms with Gasteiger partial charge in [-0.1, -0.05) is 19.9 Å². The molecule has 2 N–H and O–H groups in total. The monoisotopic (exact) mass is 335 g/mol. The number of nitrogens with zero attached hydrogens (tertiary/aromatic N) is 2. The van der Waals surface area contributed by atoms with Crippen LogP contribution in [0.5, 0.6) is 0 Å². The molecule has 0 bridgehead atoms. The number of benzene rings is 1. The van der Waals surface area contributed by atoms with Crippen LogP contribution in [-0.2, 0) is 0 Å². The van der Waals surface area contributed by atoms with Crippen LogP contribution in [0.25, 0.3) is 0 Å². The zero-order valence-electron chi connectivity index (χ0n) is 13.5. The number of nitrogens with one attached hydrogen (secondary N) is 1. The number of likely N-dealkylation sites (tertiary alicyclic amines) is 1. The Kier molecular flexibility index (Phi) is 4.36. The first-order valence-corrected chi connectivity index (χ1v) is 7.86. The van der Waals surface area contributed by atoms with Gasteiger partial charge in [-0.15, -0.1) is 0 Å². The van der Waals surface area contributed by atoms with Gasteiger partial charge in [0, 0.05) is 12.2 Å². The number of aliphatic hydroxyl groups excluding tert-OH is 1. The second-order valence-corrected chi connectivity index (χ2v) is 6.40. The first-order chi connectivity index (χ1) is 11.4. The van der Waals surface area contributed by atoms with Crippen molar-refractivity contribution in [1.82, 2.24) is 15.1 Å². The lowest BCUT2D eigenvalue weighted by Crippen LogP contribution is -2.32. The van der Waals surface area contributed by atoms with Crippen LogP contribution in [0.4, 0.5) is 8.78 Å². The van der Waals surface area contributed by atoms with Crippen molar-refractivity contribution < 1.29 is 18.7 Å². The number of aliphatic hydroxyl groups is 1. The molecule has 1 aromatic carbocycles. The molecule has 128 valence electrons. The van der Waals surface area contributed by atoms with Gasteiger partial charge in [-0.2, -0.15) is 5.10 Å². The predicted molar refractivity (Wildman–Crippen MR) is 83.4 cm³/mol. The van der Waals surface area contributed by atoms with E-state index in [4.69, 9.17) is 0 Å². The first kappa shape index (κ1) is 16.6. The van der Waals surface area contributed by atoms with Crippen molar-refractivity contribution in [3.05, 3.63) is 52.9 Å². The van der Waals surface area contributed by atoms with Crippen molar-refractivity contribution >= 4 is 5.91 Å². The average Bonchev–Trinajstić information content (AvgIpc) is 3.16.